The van der Waals surface area contributed by atoms with Gasteiger partial charge in [0, 0.05) is 78.5 Å². The van der Waals surface area contributed by atoms with Gasteiger partial charge < -0.3 is 31.1 Å². The zero-order valence-electron chi connectivity index (χ0n) is 17.0. The van der Waals surface area contributed by atoms with E-state index in [2.05, 4.69) is 31.1 Å². The Hall–Kier alpha value is -0.240. The summed E-state index contributed by atoms with van der Waals surface area (Å²) in [6.07, 6.45) is 8.34. The van der Waals surface area contributed by atoms with E-state index in [1.54, 1.807) is 0 Å². The van der Waals surface area contributed by atoms with E-state index in [1.807, 2.05) is 0 Å². The van der Waals surface area contributed by atoms with Gasteiger partial charge in [-0.25, -0.2) is 0 Å². The van der Waals surface area contributed by atoms with E-state index in [4.69, 9.17) is 0 Å². The van der Waals surface area contributed by atoms with Gasteiger partial charge in [0.15, 0.2) is 0 Å². The lowest BCUT2D eigenvalue weighted by molar-refractivity contribution is 0.269. The number of unbranched alkanes of at least 4 members (excludes halogenated alkanes) is 5. The molecule has 2 heterocycles. The molecule has 0 radical (unpaired) electrons. The third kappa shape index (κ3) is 11.5. The Labute approximate surface area is 161 Å². The molecule has 0 aromatic carbocycles. The molecular weight excluding hydrogens is 324 g/mol. The second kappa shape index (κ2) is 15.8. The third-order valence-corrected chi connectivity index (χ3v) is 5.58. The van der Waals surface area contributed by atoms with Crippen molar-refractivity contribution in [2.45, 2.75) is 38.5 Å². The van der Waals surface area contributed by atoms with Crippen molar-refractivity contribution < 1.29 is 0 Å². The molecule has 26 heavy (non-hydrogen) atoms. The van der Waals surface area contributed by atoms with Crippen molar-refractivity contribution in [2.75, 3.05) is 91.6 Å². The summed E-state index contributed by atoms with van der Waals surface area (Å²) in [5, 5.41) is 14.0. The first-order valence-corrected chi connectivity index (χ1v) is 11.2. The summed E-state index contributed by atoms with van der Waals surface area (Å²) < 4.78 is 0. The largest absolute Gasteiger partial charge is 0.314 e. The molecule has 2 saturated heterocycles. The highest BCUT2D eigenvalue weighted by Gasteiger charge is 2.07. The zero-order chi connectivity index (χ0) is 18.1. The average Bonchev–Trinajstić information content (AvgIpc) is 2.87. The Morgan fingerprint density at radius 2 is 0.692 bits per heavy atom. The summed E-state index contributed by atoms with van der Waals surface area (Å²) in [7, 11) is 0. The van der Waals surface area contributed by atoms with Gasteiger partial charge in [0.2, 0.25) is 0 Å². The summed E-state index contributed by atoms with van der Waals surface area (Å²) in [4.78, 5) is 5.25. The lowest BCUT2D eigenvalue weighted by Gasteiger charge is -2.21. The van der Waals surface area contributed by atoms with Crippen LogP contribution in [0.3, 0.4) is 0 Å². The van der Waals surface area contributed by atoms with E-state index < -0.39 is 0 Å². The molecule has 2 rings (SSSR count). The number of nitrogens with zero attached hydrogens (tertiary/aromatic N) is 2. The number of rotatable bonds is 9. The van der Waals surface area contributed by atoms with Crippen LogP contribution in [0, 0.1) is 0 Å². The maximum Gasteiger partial charge on any atom is 0.0107 e. The van der Waals surface area contributed by atoms with Crippen molar-refractivity contribution in [3.8, 4) is 0 Å². The van der Waals surface area contributed by atoms with E-state index in [-0.39, 0.29) is 0 Å². The van der Waals surface area contributed by atoms with E-state index in [1.165, 1.54) is 77.8 Å². The minimum absolute atomic E-state index is 1.11. The fourth-order valence-corrected chi connectivity index (χ4v) is 3.85. The third-order valence-electron chi connectivity index (χ3n) is 5.58. The van der Waals surface area contributed by atoms with Gasteiger partial charge in [0.1, 0.15) is 0 Å². The van der Waals surface area contributed by atoms with Gasteiger partial charge in [-0.3, -0.25) is 0 Å². The Kier molecular flexibility index (Phi) is 13.4. The first kappa shape index (κ1) is 22.1. The normalized spacial score (nSPS) is 22.6. The molecule has 0 aromatic rings. The van der Waals surface area contributed by atoms with E-state index in [0.717, 1.165) is 52.4 Å². The Bertz CT molecular complexity index is 265. The lowest BCUT2D eigenvalue weighted by Crippen LogP contribution is -2.34. The first-order chi connectivity index (χ1) is 12.9. The van der Waals surface area contributed by atoms with Crippen molar-refractivity contribution in [2.24, 2.45) is 0 Å². The average molecular weight is 369 g/mol. The molecule has 0 bridgehead atoms. The second-order valence-electron chi connectivity index (χ2n) is 7.80. The van der Waals surface area contributed by atoms with Crippen molar-refractivity contribution >= 4 is 0 Å². The summed E-state index contributed by atoms with van der Waals surface area (Å²) in [6.45, 7) is 16.4. The van der Waals surface area contributed by atoms with Crippen LogP contribution in [0.2, 0.25) is 0 Å². The molecule has 0 aliphatic carbocycles. The van der Waals surface area contributed by atoms with E-state index >= 15 is 0 Å². The molecule has 0 amide bonds. The van der Waals surface area contributed by atoms with Crippen molar-refractivity contribution in [3.63, 3.8) is 0 Å². The van der Waals surface area contributed by atoms with Gasteiger partial charge >= 0.3 is 0 Å². The lowest BCUT2D eigenvalue weighted by atomic mass is 10.1. The second-order valence-corrected chi connectivity index (χ2v) is 7.80. The van der Waals surface area contributed by atoms with Gasteiger partial charge in [-0.05, 0) is 25.9 Å². The molecule has 154 valence electrons. The smallest absolute Gasteiger partial charge is 0.0107 e. The Balaban J connectivity index is 1.41. The van der Waals surface area contributed by atoms with Gasteiger partial charge in [-0.15, -0.1) is 0 Å². The van der Waals surface area contributed by atoms with Crippen LogP contribution in [0.25, 0.3) is 0 Å². The fourth-order valence-electron chi connectivity index (χ4n) is 3.85. The van der Waals surface area contributed by atoms with Gasteiger partial charge in [-0.1, -0.05) is 25.7 Å². The fraction of sp³-hybridized carbons (Fsp3) is 1.00. The molecule has 0 saturated carbocycles. The first-order valence-electron chi connectivity index (χ1n) is 11.2. The molecular formula is C20H44N6. The van der Waals surface area contributed by atoms with Gasteiger partial charge in [0.25, 0.3) is 0 Å². The monoisotopic (exact) mass is 368 g/mol. The summed E-state index contributed by atoms with van der Waals surface area (Å²) in [5.41, 5.74) is 0. The highest BCUT2D eigenvalue weighted by Crippen LogP contribution is 2.07. The minimum atomic E-state index is 1.11. The molecule has 0 aromatic heterocycles. The van der Waals surface area contributed by atoms with Crippen molar-refractivity contribution in [3.05, 3.63) is 0 Å². The highest BCUT2D eigenvalue weighted by atomic mass is 15.2. The SMILES string of the molecule is C(CCCCN1CCNCCNCC1)CCCN1CCNCCNCC1. The number of nitrogens with one attached hydrogen (secondary N) is 4. The standard InChI is InChI=1S/C20H44N6/c1(3-5-15-25-17-11-21-7-8-22-12-18-25)2-4-6-16-26-19-13-23-9-10-24-14-20-26/h21-24H,1-20H2. The topological polar surface area (TPSA) is 54.6 Å². The van der Waals surface area contributed by atoms with Crippen LogP contribution in [0.4, 0.5) is 0 Å². The molecule has 0 spiro atoms. The predicted octanol–water partition coefficient (Wildman–Crippen LogP) is 0.317. The Morgan fingerprint density at radius 1 is 0.385 bits per heavy atom. The molecule has 2 aliphatic rings. The molecule has 0 atom stereocenters. The summed E-state index contributed by atoms with van der Waals surface area (Å²) >= 11 is 0. The van der Waals surface area contributed by atoms with Gasteiger partial charge in [0.05, 0.1) is 0 Å². The van der Waals surface area contributed by atoms with Crippen LogP contribution < -0.4 is 21.3 Å². The maximum atomic E-state index is 3.50. The van der Waals surface area contributed by atoms with Crippen LogP contribution >= 0.6 is 0 Å². The maximum absolute atomic E-state index is 3.50. The molecule has 2 aliphatic heterocycles. The molecule has 4 N–H and O–H groups in total. The van der Waals surface area contributed by atoms with Crippen molar-refractivity contribution in [1.82, 2.24) is 31.1 Å². The number of hydrogen-bond donors (Lipinski definition) is 4. The van der Waals surface area contributed by atoms with Crippen LogP contribution in [-0.2, 0) is 0 Å². The van der Waals surface area contributed by atoms with Crippen LogP contribution in [0.15, 0.2) is 0 Å². The predicted molar refractivity (Wildman–Crippen MR) is 112 cm³/mol. The summed E-state index contributed by atoms with van der Waals surface area (Å²) in [5.74, 6) is 0. The van der Waals surface area contributed by atoms with Crippen LogP contribution in [0.5, 0.6) is 0 Å². The van der Waals surface area contributed by atoms with Crippen molar-refractivity contribution in [1.29, 1.82) is 0 Å². The minimum Gasteiger partial charge on any atom is -0.314 e. The van der Waals surface area contributed by atoms with Gasteiger partial charge in [-0.2, -0.15) is 0 Å². The Morgan fingerprint density at radius 3 is 1.04 bits per heavy atom. The van der Waals surface area contributed by atoms with Crippen LogP contribution in [-0.4, -0.2) is 101 Å². The molecule has 2 fully saturated rings. The van der Waals surface area contributed by atoms with E-state index in [0.29, 0.717) is 0 Å². The molecule has 6 heteroatoms. The summed E-state index contributed by atoms with van der Waals surface area (Å²) in [6, 6.07) is 0. The molecule has 6 nitrogen and oxygen atoms in total. The van der Waals surface area contributed by atoms with E-state index in [9.17, 15) is 0 Å². The highest BCUT2D eigenvalue weighted by molar-refractivity contribution is 4.67. The quantitative estimate of drug-likeness (QED) is 0.440. The zero-order valence-corrected chi connectivity index (χ0v) is 17.0. The number of hydrogen-bond acceptors (Lipinski definition) is 6. The van der Waals surface area contributed by atoms with Crippen LogP contribution in [0.1, 0.15) is 38.5 Å². The molecule has 0 unspecified atom stereocenters.